The minimum absolute atomic E-state index is 0.0140. The molecule has 0 aromatic heterocycles. The molecule has 0 spiro atoms. The van der Waals surface area contributed by atoms with E-state index in [0.717, 1.165) is 110 Å². The van der Waals surface area contributed by atoms with E-state index in [1.165, 1.54) is 12.5 Å². The van der Waals surface area contributed by atoms with Crippen LogP contribution in [0.1, 0.15) is 212 Å². The summed E-state index contributed by atoms with van der Waals surface area (Å²) in [5, 5.41) is 53.7. The Morgan fingerprint density at radius 1 is 0.522 bits per heavy atom. The lowest BCUT2D eigenvalue weighted by molar-refractivity contribution is -0.869. The Labute approximate surface area is 792 Å². The molecule has 0 radical (unpaired) electrons. The standard InChI is InChI=1S/C99H157N13O22/c1-67(2)87(92(121)105-68(3)89(118)108-80(64-113)91(120)106-71-31-27-69-29-33-82-96(4,76(69)62-71)37-20-39-98(82,6)93(122)110-94(123)99(7)40-21-38-97(5)77-63-72(114)32-28-70(77)30-34-83(97)99)109-90(119)79(107-85(116)36-47-126-51-55-130-59-61-132-57-53-128-49-44-104-95(124)134-65-75-73-22-14-11-12-15-23-74(73)75)25-18-19-41-102-86(117)66-133-81-26-17-13-16-24-78(88(81)111-100)101-43-48-127-52-56-131-60-58-129-54-50-125-46-35-84(115)103-42-45-112(8,9)10/h11-12,27-28,31-32,62-63,67-68,73-75,79-83,87,113H,13-26,29-30,33-61,64-66H2,1-10H3,(H11-,100,101,102,103,104,105,106,107,108,109,110,114,115,116,117,118,119,120,121,122,123,124)/p+1/b12-11-/t68-,73-,74+,75-,79+,80-,81?,82+,83+,87-,96+,97+,98-,99-/m0/s1. The number of carbonyl (C=O) groups excluding carboxylic acids is 10. The molecule has 2 aromatic rings. The van der Waals surface area contributed by atoms with Gasteiger partial charge in [-0.25, -0.2) is 10.3 Å². The van der Waals surface area contributed by atoms with Crippen molar-refractivity contribution in [3.05, 3.63) is 82.2 Å². The van der Waals surface area contributed by atoms with Crippen molar-refractivity contribution in [2.75, 3.05) is 185 Å². The van der Waals surface area contributed by atoms with Crippen LogP contribution in [0.4, 0.5) is 10.5 Å². The highest BCUT2D eigenvalue weighted by Crippen LogP contribution is 2.60. The van der Waals surface area contributed by atoms with Crippen LogP contribution in [-0.2, 0) is 114 Å². The number of nitrogens with one attached hydrogen (secondary N) is 11. The Hall–Kier alpha value is -8.62. The Bertz CT molecular complexity index is 4190. The molecule has 7 aliphatic rings. The topological polar surface area (TPSA) is 460 Å². The molecule has 750 valence electrons. The third-order valence-corrected chi connectivity index (χ3v) is 28.3. The van der Waals surface area contributed by atoms with E-state index in [-0.39, 0.29) is 93.1 Å². The summed E-state index contributed by atoms with van der Waals surface area (Å²) in [6, 6.07) is 6.03. The van der Waals surface area contributed by atoms with E-state index in [1.54, 1.807) is 26.0 Å². The molecule has 13 N–H and O–H groups in total. The molecule has 1 unspecified atom stereocenters. The van der Waals surface area contributed by atoms with Crippen molar-refractivity contribution in [1.82, 2.24) is 47.9 Å². The second-order valence-corrected chi connectivity index (χ2v) is 39.4. The Kier molecular flexibility index (Phi) is 44.8. The van der Waals surface area contributed by atoms with Gasteiger partial charge in [0.1, 0.15) is 48.3 Å². The monoisotopic (exact) mass is 1880 g/mol. The number of rotatable bonds is 58. The number of nitrogens with zero attached hydrogens (tertiary/aromatic N) is 2. The van der Waals surface area contributed by atoms with E-state index in [0.29, 0.717) is 199 Å². The molecule has 9 rings (SSSR count). The van der Waals surface area contributed by atoms with Crippen LogP contribution in [0.3, 0.4) is 0 Å². The molecule has 7 aliphatic carbocycles. The normalized spacial score (nSPS) is 24.7. The van der Waals surface area contributed by atoms with Gasteiger partial charge in [-0.05, 0) is 215 Å². The maximum atomic E-state index is 14.9. The summed E-state index contributed by atoms with van der Waals surface area (Å²) in [7, 11) is 6.22. The van der Waals surface area contributed by atoms with Crippen molar-refractivity contribution in [3.8, 4) is 5.75 Å². The van der Waals surface area contributed by atoms with Gasteiger partial charge in [0.05, 0.1) is 164 Å². The number of unbranched alkanes of at least 4 members (excludes halogenated alkanes) is 1. The lowest BCUT2D eigenvalue weighted by Gasteiger charge is -2.56. The maximum Gasteiger partial charge on any atom is 0.407 e. The number of quaternary nitrogens is 1. The van der Waals surface area contributed by atoms with Gasteiger partial charge in [0.2, 0.25) is 53.2 Å². The van der Waals surface area contributed by atoms with Gasteiger partial charge < -0.3 is 110 Å². The third kappa shape index (κ3) is 33.4. The Balaban J connectivity index is 0.708. The molecule has 0 bridgehead atoms. The highest BCUT2D eigenvalue weighted by Gasteiger charge is 2.59. The zero-order valence-corrected chi connectivity index (χ0v) is 81.4. The van der Waals surface area contributed by atoms with Crippen LogP contribution in [0, 0.1) is 51.9 Å². The Morgan fingerprint density at radius 3 is 1.63 bits per heavy atom. The lowest BCUT2D eigenvalue weighted by Crippen LogP contribution is -2.60. The number of benzene rings is 2. The van der Waals surface area contributed by atoms with E-state index in [9.17, 15) is 58.2 Å². The summed E-state index contributed by atoms with van der Waals surface area (Å²) in [5.41, 5.74) is 11.4. The SMILES string of the molecule is CC(C)[C@H](NC(=O)[C@@H](CCCCNC(=O)COC1CCCCC/C(NCCOCCOCCOCCOCCC(=O)NCC[N+](C)(C)C)=C\1N=N)NC(=O)CCOCCOCCOCCOCCNC(=O)OC[C@@H]1[C@@H]2CC/C=C\CC[C@@H]21)C(=O)N[C@@H](C)C(=O)N[C@@H](CO)C(=O)Nc1ccc2c(c1)[C@@]1(C)CCC[C@](C)(C(=O)NC(=O)[C@@]3(C)CCC[C@]4(C)c5cc(O)ccc5CC[C@@H]34)[C@@H]1CC2. The van der Waals surface area contributed by atoms with Gasteiger partial charge in [-0.15, -0.1) is 0 Å². The van der Waals surface area contributed by atoms with Crippen LogP contribution in [-0.4, -0.2) is 284 Å². The third-order valence-electron chi connectivity index (χ3n) is 28.3. The van der Waals surface area contributed by atoms with Crippen molar-refractivity contribution in [2.45, 2.75) is 244 Å². The number of ether oxygens (including phenoxy) is 10. The fraction of sp³-hybridized carbons (Fsp3) is 0.737. The van der Waals surface area contributed by atoms with E-state index in [4.69, 9.17) is 52.9 Å². The summed E-state index contributed by atoms with van der Waals surface area (Å²) >= 11 is 0. The van der Waals surface area contributed by atoms with Gasteiger partial charge in [0.15, 0.2) is 0 Å². The molecule has 2 aromatic carbocycles. The van der Waals surface area contributed by atoms with E-state index in [2.05, 4.69) is 105 Å². The summed E-state index contributed by atoms with van der Waals surface area (Å²) in [6.45, 7) is 19.7. The molecule has 134 heavy (non-hydrogen) atoms. The predicted molar refractivity (Wildman–Crippen MR) is 503 cm³/mol. The number of alkyl carbamates (subject to hydrolysis) is 1. The molecular formula is C99H158N13O22+. The van der Waals surface area contributed by atoms with E-state index in [1.807, 2.05) is 38.1 Å². The quantitative estimate of drug-likeness (QED) is 0.00974. The van der Waals surface area contributed by atoms with E-state index < -0.39 is 101 Å². The van der Waals surface area contributed by atoms with Crippen LogP contribution in [0.15, 0.2) is 65.1 Å². The van der Waals surface area contributed by atoms with Crippen molar-refractivity contribution >= 4 is 64.9 Å². The summed E-state index contributed by atoms with van der Waals surface area (Å²) < 4.78 is 57.5. The first-order valence-electron chi connectivity index (χ1n) is 49.2. The number of carbonyl (C=O) groups is 10. The number of aliphatic hydroxyl groups is 1. The first kappa shape index (κ1) is 109. The summed E-state index contributed by atoms with van der Waals surface area (Å²) in [6.07, 6.45) is 20.0. The van der Waals surface area contributed by atoms with Gasteiger partial charge in [-0.1, -0.05) is 91.5 Å². The number of phenols is 1. The van der Waals surface area contributed by atoms with Crippen LogP contribution in [0.5, 0.6) is 5.75 Å². The maximum absolute atomic E-state index is 14.9. The Morgan fingerprint density at radius 2 is 1.07 bits per heavy atom. The largest absolute Gasteiger partial charge is 0.508 e. The highest BCUT2D eigenvalue weighted by atomic mass is 16.6. The number of likely N-dealkylation sites (N-methyl/N-ethyl adjacent to an activating group) is 1. The first-order valence-corrected chi connectivity index (χ1v) is 49.2. The number of aryl methyl sites for hydroxylation is 2. The minimum atomic E-state index is -1.47. The van der Waals surface area contributed by atoms with Crippen LogP contribution >= 0.6 is 0 Å². The number of amides is 10. The van der Waals surface area contributed by atoms with Crippen molar-refractivity contribution in [2.24, 2.45) is 51.5 Å². The minimum Gasteiger partial charge on any atom is -0.508 e. The number of hydrogen-bond acceptors (Lipinski definition) is 25. The zero-order chi connectivity index (χ0) is 96.7. The fourth-order valence-corrected chi connectivity index (χ4v) is 20.6. The van der Waals surface area contributed by atoms with Crippen LogP contribution in [0.25, 0.3) is 0 Å². The molecular weight excluding hydrogens is 1720 g/mol. The predicted octanol–water partition coefficient (Wildman–Crippen LogP) is 8.22. The number of allylic oxidation sites excluding steroid dienone is 3. The van der Waals surface area contributed by atoms with E-state index >= 15 is 0 Å². The van der Waals surface area contributed by atoms with Gasteiger partial charge in [0.25, 0.3) is 0 Å². The smallest absolute Gasteiger partial charge is 0.407 e. The number of phenolic OH excluding ortho intramolecular Hbond substituents is 1. The highest BCUT2D eigenvalue weighted by molar-refractivity contribution is 6.01. The average molecular weight is 1880 g/mol. The van der Waals surface area contributed by atoms with Gasteiger partial charge >= 0.3 is 6.09 Å². The molecule has 3 saturated carbocycles. The van der Waals surface area contributed by atoms with Gasteiger partial charge in [-0.3, -0.25) is 48.5 Å². The molecule has 0 aliphatic heterocycles. The number of imide groups is 1. The number of anilines is 1. The first-order chi connectivity index (χ1) is 64.3. The lowest BCUT2D eigenvalue weighted by atomic mass is 9.49. The summed E-state index contributed by atoms with van der Waals surface area (Å²) in [5.74, 6) is -3.27. The zero-order valence-electron chi connectivity index (χ0n) is 81.4. The second kappa shape index (κ2) is 55.1. The van der Waals surface area contributed by atoms with Gasteiger partial charge in [-0.2, -0.15) is 5.11 Å². The van der Waals surface area contributed by atoms with Gasteiger partial charge in [0, 0.05) is 43.9 Å². The molecule has 35 heteroatoms. The number of fused-ring (bicyclic) bond motifs is 7. The van der Waals surface area contributed by atoms with Crippen molar-refractivity contribution in [1.29, 1.82) is 5.53 Å². The molecule has 10 amide bonds. The molecule has 0 saturated heterocycles. The number of hydrogen-bond donors (Lipinski definition) is 13. The molecule has 0 heterocycles. The van der Waals surface area contributed by atoms with Crippen molar-refractivity contribution < 1.29 is 110 Å². The molecule has 3 fully saturated rings. The molecule has 35 nitrogen and oxygen atoms in total. The molecule has 14 atom stereocenters. The summed E-state index contributed by atoms with van der Waals surface area (Å²) in [4.78, 5) is 138. The van der Waals surface area contributed by atoms with Crippen LogP contribution < -0.4 is 53.2 Å². The van der Waals surface area contributed by atoms with Crippen LogP contribution in [0.2, 0.25) is 0 Å². The second-order valence-electron chi connectivity index (χ2n) is 39.4. The average Bonchev–Trinajstić information content (AvgIpc) is 1.17. The number of aromatic hydroxyl groups is 1. The fourth-order valence-electron chi connectivity index (χ4n) is 20.6. The number of aliphatic hydroxyl groups excluding tert-OH is 1. The van der Waals surface area contributed by atoms with Crippen molar-refractivity contribution in [3.63, 3.8) is 0 Å².